The number of rotatable bonds is 2. The third-order valence-electron chi connectivity index (χ3n) is 2.65. The van der Waals surface area contributed by atoms with Crippen molar-refractivity contribution in [1.82, 2.24) is 9.97 Å². The molecule has 1 fully saturated rings. The van der Waals surface area contributed by atoms with Crippen LogP contribution in [0.2, 0.25) is 5.28 Å². The van der Waals surface area contributed by atoms with Gasteiger partial charge in [-0.2, -0.15) is 0 Å². The van der Waals surface area contributed by atoms with Crippen LogP contribution in [-0.4, -0.2) is 41.4 Å². The Morgan fingerprint density at radius 1 is 1.35 bits per heavy atom. The summed E-state index contributed by atoms with van der Waals surface area (Å²) in [6.07, 6.45) is 0. The van der Waals surface area contributed by atoms with Gasteiger partial charge >= 0.3 is 0 Å². The van der Waals surface area contributed by atoms with Gasteiger partial charge in [0.15, 0.2) is 0 Å². The second kappa shape index (κ2) is 4.76. The van der Waals surface area contributed by atoms with Crippen LogP contribution < -0.4 is 4.90 Å². The minimum atomic E-state index is -1.02. The molecule has 2 rings (SSSR count). The van der Waals surface area contributed by atoms with Crippen LogP contribution in [0.3, 0.4) is 0 Å². The van der Waals surface area contributed by atoms with Gasteiger partial charge in [-0.25, -0.2) is 9.97 Å². The number of anilines is 1. The Hall–Kier alpha value is -0.910. The first kappa shape index (κ1) is 12.5. The summed E-state index contributed by atoms with van der Waals surface area (Å²) in [6.45, 7) is 6.26. The van der Waals surface area contributed by atoms with Crippen LogP contribution in [0, 0.1) is 0 Å². The first-order valence-electron chi connectivity index (χ1n) is 5.57. The molecule has 6 heteroatoms. The van der Waals surface area contributed by atoms with Gasteiger partial charge in [0.05, 0.1) is 18.9 Å². The van der Waals surface area contributed by atoms with Crippen LogP contribution in [0.4, 0.5) is 5.82 Å². The zero-order valence-electron chi connectivity index (χ0n) is 9.98. The smallest absolute Gasteiger partial charge is 0.224 e. The highest BCUT2D eigenvalue weighted by molar-refractivity contribution is 6.28. The molecule has 0 saturated carbocycles. The van der Waals surface area contributed by atoms with Gasteiger partial charge in [0.2, 0.25) is 5.28 Å². The van der Waals surface area contributed by atoms with E-state index < -0.39 is 5.60 Å². The lowest BCUT2D eigenvalue weighted by atomic mass is 10.1. The molecule has 0 aromatic carbocycles. The standard InChI is InChI=1S/C11H16ClN3O2/c1-11(2,16)8-7-9(14-10(12)13-8)15-3-5-17-6-4-15/h7,16H,3-6H2,1-2H3. The molecule has 94 valence electrons. The van der Waals surface area contributed by atoms with E-state index in [0.717, 1.165) is 18.9 Å². The number of halogens is 1. The van der Waals surface area contributed by atoms with E-state index in [1.807, 2.05) is 0 Å². The van der Waals surface area contributed by atoms with E-state index in [-0.39, 0.29) is 5.28 Å². The van der Waals surface area contributed by atoms with Gasteiger partial charge in [0.1, 0.15) is 11.4 Å². The molecule has 2 heterocycles. The van der Waals surface area contributed by atoms with Gasteiger partial charge < -0.3 is 14.7 Å². The lowest BCUT2D eigenvalue weighted by molar-refractivity contribution is 0.0737. The normalized spacial score (nSPS) is 17.3. The summed E-state index contributed by atoms with van der Waals surface area (Å²) in [7, 11) is 0. The first-order valence-corrected chi connectivity index (χ1v) is 5.95. The van der Waals surface area contributed by atoms with Gasteiger partial charge in [0, 0.05) is 19.2 Å². The molecule has 1 aromatic rings. The fraction of sp³-hybridized carbons (Fsp3) is 0.636. The first-order chi connectivity index (χ1) is 7.97. The van der Waals surface area contributed by atoms with Crippen LogP contribution >= 0.6 is 11.6 Å². The largest absolute Gasteiger partial charge is 0.384 e. The quantitative estimate of drug-likeness (QED) is 0.807. The predicted octanol–water partition coefficient (Wildman–Crippen LogP) is 1.19. The Labute approximate surface area is 105 Å². The Balaban J connectivity index is 2.31. The number of ether oxygens (including phenoxy) is 1. The van der Waals surface area contributed by atoms with Crippen LogP contribution in [0.5, 0.6) is 0 Å². The van der Waals surface area contributed by atoms with Gasteiger partial charge in [0.25, 0.3) is 0 Å². The van der Waals surface area contributed by atoms with Crippen molar-refractivity contribution in [2.45, 2.75) is 19.4 Å². The molecule has 0 spiro atoms. The van der Waals surface area contributed by atoms with Crippen LogP contribution in [-0.2, 0) is 10.3 Å². The molecule has 1 aliphatic rings. The molecule has 0 bridgehead atoms. The highest BCUT2D eigenvalue weighted by Crippen LogP contribution is 2.23. The third-order valence-corrected chi connectivity index (χ3v) is 2.82. The topological polar surface area (TPSA) is 58.5 Å². The van der Waals surface area contributed by atoms with Crippen LogP contribution in [0.15, 0.2) is 6.07 Å². The van der Waals surface area contributed by atoms with Crippen molar-refractivity contribution in [1.29, 1.82) is 0 Å². The number of hydrogen-bond acceptors (Lipinski definition) is 5. The number of morpholine rings is 1. The average Bonchev–Trinajstić information content (AvgIpc) is 2.28. The zero-order valence-corrected chi connectivity index (χ0v) is 10.7. The molecule has 0 radical (unpaired) electrons. The number of aliphatic hydroxyl groups is 1. The number of nitrogens with zero attached hydrogens (tertiary/aromatic N) is 3. The molecule has 0 unspecified atom stereocenters. The van der Waals surface area contributed by atoms with E-state index in [1.54, 1.807) is 19.9 Å². The summed E-state index contributed by atoms with van der Waals surface area (Å²) in [6, 6.07) is 1.78. The summed E-state index contributed by atoms with van der Waals surface area (Å²) in [5.74, 6) is 0.741. The maximum atomic E-state index is 9.94. The van der Waals surface area contributed by atoms with E-state index in [0.29, 0.717) is 18.9 Å². The highest BCUT2D eigenvalue weighted by Gasteiger charge is 2.22. The molecule has 1 aromatic heterocycles. The highest BCUT2D eigenvalue weighted by atomic mass is 35.5. The predicted molar refractivity (Wildman–Crippen MR) is 65.3 cm³/mol. The minimum Gasteiger partial charge on any atom is -0.384 e. The maximum absolute atomic E-state index is 9.94. The molecule has 17 heavy (non-hydrogen) atoms. The summed E-state index contributed by atoms with van der Waals surface area (Å²) >= 11 is 5.88. The van der Waals surface area contributed by atoms with Crippen molar-refractivity contribution < 1.29 is 9.84 Å². The van der Waals surface area contributed by atoms with Crippen molar-refractivity contribution in [3.63, 3.8) is 0 Å². The Morgan fingerprint density at radius 3 is 2.59 bits per heavy atom. The number of aromatic nitrogens is 2. The average molecular weight is 258 g/mol. The fourth-order valence-corrected chi connectivity index (χ4v) is 1.85. The van der Waals surface area contributed by atoms with E-state index >= 15 is 0 Å². The van der Waals surface area contributed by atoms with Crippen molar-refractivity contribution in [3.8, 4) is 0 Å². The molecule has 0 amide bonds. The molecule has 1 saturated heterocycles. The van der Waals surface area contributed by atoms with Gasteiger partial charge in [-0.05, 0) is 25.4 Å². The molecule has 0 atom stereocenters. The second-order valence-electron chi connectivity index (χ2n) is 4.54. The van der Waals surface area contributed by atoms with E-state index in [1.165, 1.54) is 0 Å². The number of hydrogen-bond donors (Lipinski definition) is 1. The lowest BCUT2D eigenvalue weighted by Gasteiger charge is -2.28. The van der Waals surface area contributed by atoms with Crippen LogP contribution in [0.1, 0.15) is 19.5 Å². The monoisotopic (exact) mass is 257 g/mol. The Kier molecular flexibility index (Phi) is 3.51. The van der Waals surface area contributed by atoms with E-state index in [4.69, 9.17) is 16.3 Å². The molecule has 5 nitrogen and oxygen atoms in total. The molecule has 1 N–H and O–H groups in total. The molecule has 0 aliphatic carbocycles. The minimum absolute atomic E-state index is 0.158. The molecular formula is C11H16ClN3O2. The summed E-state index contributed by atoms with van der Waals surface area (Å²) < 4.78 is 5.28. The lowest BCUT2D eigenvalue weighted by Crippen LogP contribution is -2.37. The van der Waals surface area contributed by atoms with E-state index in [2.05, 4.69) is 14.9 Å². The van der Waals surface area contributed by atoms with Crippen LogP contribution in [0.25, 0.3) is 0 Å². The fourth-order valence-electron chi connectivity index (χ4n) is 1.67. The van der Waals surface area contributed by atoms with Gasteiger partial charge in [-0.1, -0.05) is 0 Å². The van der Waals surface area contributed by atoms with Gasteiger partial charge in [-0.3, -0.25) is 0 Å². The van der Waals surface area contributed by atoms with Crippen molar-refractivity contribution in [3.05, 3.63) is 17.0 Å². The Bertz CT molecular complexity index is 400. The Morgan fingerprint density at radius 2 is 2.00 bits per heavy atom. The summed E-state index contributed by atoms with van der Waals surface area (Å²) in [5.41, 5.74) is -0.493. The maximum Gasteiger partial charge on any atom is 0.224 e. The summed E-state index contributed by atoms with van der Waals surface area (Å²) in [5, 5.41) is 10.1. The SMILES string of the molecule is CC(C)(O)c1cc(N2CCOCC2)nc(Cl)n1. The second-order valence-corrected chi connectivity index (χ2v) is 4.88. The van der Waals surface area contributed by atoms with Gasteiger partial charge in [-0.15, -0.1) is 0 Å². The van der Waals surface area contributed by atoms with Crippen molar-refractivity contribution >= 4 is 17.4 Å². The molecular weight excluding hydrogens is 242 g/mol. The van der Waals surface area contributed by atoms with Crippen molar-refractivity contribution in [2.24, 2.45) is 0 Å². The molecule has 1 aliphatic heterocycles. The third kappa shape index (κ3) is 3.06. The van der Waals surface area contributed by atoms with Crippen molar-refractivity contribution in [2.75, 3.05) is 31.2 Å². The van der Waals surface area contributed by atoms with E-state index in [9.17, 15) is 5.11 Å². The zero-order chi connectivity index (χ0) is 12.5. The summed E-state index contributed by atoms with van der Waals surface area (Å²) in [4.78, 5) is 10.3.